The van der Waals surface area contributed by atoms with Crippen LogP contribution < -0.4 is 10.1 Å². The van der Waals surface area contributed by atoms with Crippen LogP contribution in [0.5, 0.6) is 11.5 Å². The Morgan fingerprint density at radius 2 is 2.11 bits per heavy atom. The van der Waals surface area contributed by atoms with Crippen molar-refractivity contribution in [3.63, 3.8) is 0 Å². The SMILES string of the molecule is C=CC(=O)N1CCN2C(=O)c3c(NC4CCCCC4OC)nc(-c4c(O)cccc4F)c(Cl)c3OCC2C1. The first kappa shape index (κ1) is 26.2. The molecule has 1 saturated carbocycles. The Morgan fingerprint density at radius 1 is 1.32 bits per heavy atom. The summed E-state index contributed by atoms with van der Waals surface area (Å²) in [6.07, 6.45) is 4.77. The number of hydrogen-bond donors (Lipinski definition) is 2. The average molecular weight is 545 g/mol. The fourth-order valence-electron chi connectivity index (χ4n) is 5.53. The molecular weight excluding hydrogens is 515 g/mol. The van der Waals surface area contributed by atoms with E-state index in [9.17, 15) is 19.1 Å². The lowest BCUT2D eigenvalue weighted by Gasteiger charge is -2.39. The number of nitrogens with zero attached hydrogens (tertiary/aromatic N) is 3. The fraction of sp³-hybridized carbons (Fsp3) is 0.444. The zero-order chi connectivity index (χ0) is 27.0. The minimum absolute atomic E-state index is 0.0376. The zero-order valence-corrected chi connectivity index (χ0v) is 21.8. The molecule has 3 aliphatic rings. The molecule has 11 heteroatoms. The molecule has 38 heavy (non-hydrogen) atoms. The van der Waals surface area contributed by atoms with Crippen molar-refractivity contribution < 1.29 is 28.6 Å². The normalized spacial score (nSPS) is 23.1. The van der Waals surface area contributed by atoms with Crippen LogP contribution in [-0.4, -0.2) is 83.2 Å². The van der Waals surface area contributed by atoms with Crippen LogP contribution in [0.4, 0.5) is 10.2 Å². The number of piperazine rings is 1. The first-order valence-corrected chi connectivity index (χ1v) is 13.1. The van der Waals surface area contributed by atoms with Crippen molar-refractivity contribution in [2.45, 2.75) is 43.9 Å². The first-order valence-electron chi connectivity index (χ1n) is 12.7. The topological polar surface area (TPSA) is 104 Å². The summed E-state index contributed by atoms with van der Waals surface area (Å²) in [6, 6.07) is 3.34. The number of methoxy groups -OCH3 is 1. The molecule has 1 saturated heterocycles. The van der Waals surface area contributed by atoms with Crippen LogP contribution in [0, 0.1) is 5.82 Å². The molecule has 3 unspecified atom stereocenters. The number of amides is 2. The van der Waals surface area contributed by atoms with E-state index in [1.807, 2.05) is 0 Å². The Bertz CT molecular complexity index is 1250. The number of hydrogen-bond acceptors (Lipinski definition) is 7. The molecular formula is C27H30ClFN4O5. The Balaban J connectivity index is 1.62. The van der Waals surface area contributed by atoms with Crippen molar-refractivity contribution in [2.24, 2.45) is 0 Å². The summed E-state index contributed by atoms with van der Waals surface area (Å²) in [5.74, 6) is -1.37. The van der Waals surface area contributed by atoms with Crippen molar-refractivity contribution in [2.75, 3.05) is 38.7 Å². The van der Waals surface area contributed by atoms with Crippen LogP contribution in [0.15, 0.2) is 30.9 Å². The van der Waals surface area contributed by atoms with Crippen LogP contribution in [0.1, 0.15) is 36.0 Å². The molecule has 3 heterocycles. The maximum Gasteiger partial charge on any atom is 0.261 e. The minimum atomic E-state index is -0.714. The van der Waals surface area contributed by atoms with E-state index < -0.39 is 11.9 Å². The van der Waals surface area contributed by atoms with Gasteiger partial charge in [-0.3, -0.25) is 9.59 Å². The third-order valence-corrected chi connectivity index (χ3v) is 7.87. The highest BCUT2D eigenvalue weighted by Crippen LogP contribution is 2.45. The molecule has 2 aromatic rings. The van der Waals surface area contributed by atoms with Gasteiger partial charge in [-0.15, -0.1) is 0 Å². The van der Waals surface area contributed by atoms with E-state index in [1.54, 1.807) is 16.9 Å². The van der Waals surface area contributed by atoms with Gasteiger partial charge in [-0.2, -0.15) is 0 Å². The molecule has 5 rings (SSSR count). The number of fused-ring (bicyclic) bond motifs is 2. The predicted molar refractivity (Wildman–Crippen MR) is 140 cm³/mol. The minimum Gasteiger partial charge on any atom is -0.507 e. The fourth-order valence-corrected chi connectivity index (χ4v) is 5.82. The van der Waals surface area contributed by atoms with E-state index >= 15 is 0 Å². The second kappa shape index (κ2) is 10.8. The molecule has 9 nitrogen and oxygen atoms in total. The van der Waals surface area contributed by atoms with Crippen LogP contribution in [-0.2, 0) is 9.53 Å². The molecule has 2 amide bonds. The van der Waals surface area contributed by atoms with Crippen LogP contribution in [0.25, 0.3) is 11.3 Å². The molecule has 202 valence electrons. The molecule has 2 N–H and O–H groups in total. The Kier molecular flexibility index (Phi) is 7.45. The number of carbonyl (C=O) groups excluding carboxylic acids is 2. The van der Waals surface area contributed by atoms with Crippen molar-refractivity contribution >= 4 is 29.2 Å². The average Bonchev–Trinajstić information content (AvgIpc) is 3.07. The number of pyridine rings is 1. The van der Waals surface area contributed by atoms with Gasteiger partial charge in [0.1, 0.15) is 40.3 Å². The summed E-state index contributed by atoms with van der Waals surface area (Å²) in [5.41, 5.74) is -0.0820. The maximum atomic E-state index is 14.9. The highest BCUT2D eigenvalue weighted by Gasteiger charge is 2.40. The lowest BCUT2D eigenvalue weighted by molar-refractivity contribution is -0.128. The molecule has 1 aromatic heterocycles. The van der Waals surface area contributed by atoms with E-state index in [0.717, 1.165) is 25.7 Å². The van der Waals surface area contributed by atoms with Gasteiger partial charge < -0.3 is 29.7 Å². The van der Waals surface area contributed by atoms with E-state index in [0.29, 0.717) is 13.1 Å². The van der Waals surface area contributed by atoms with Crippen molar-refractivity contribution in [3.8, 4) is 22.8 Å². The Morgan fingerprint density at radius 3 is 2.84 bits per heavy atom. The summed E-state index contributed by atoms with van der Waals surface area (Å²) < 4.78 is 26.8. The lowest BCUT2D eigenvalue weighted by Crippen LogP contribution is -2.57. The largest absolute Gasteiger partial charge is 0.507 e. The molecule has 0 radical (unpaired) electrons. The van der Waals surface area contributed by atoms with Gasteiger partial charge in [-0.05, 0) is 31.1 Å². The predicted octanol–water partition coefficient (Wildman–Crippen LogP) is 3.85. The van der Waals surface area contributed by atoms with Crippen LogP contribution in [0.2, 0.25) is 5.02 Å². The van der Waals surface area contributed by atoms with Crippen LogP contribution >= 0.6 is 11.6 Å². The number of phenolic OH excluding ortho intramolecular Hbond substituents is 1. The van der Waals surface area contributed by atoms with Gasteiger partial charge in [0.15, 0.2) is 5.75 Å². The summed E-state index contributed by atoms with van der Waals surface area (Å²) in [6.45, 7) is 4.53. The second-order valence-electron chi connectivity index (χ2n) is 9.72. The number of nitrogens with one attached hydrogen (secondary N) is 1. The number of aromatic hydroxyl groups is 1. The van der Waals surface area contributed by atoms with Gasteiger partial charge in [-0.25, -0.2) is 9.37 Å². The number of phenols is 1. The molecule has 1 aliphatic carbocycles. The van der Waals surface area contributed by atoms with Crippen molar-refractivity contribution in [3.05, 3.63) is 47.3 Å². The number of ether oxygens (including phenoxy) is 2. The molecule has 2 fully saturated rings. The summed E-state index contributed by atoms with van der Waals surface area (Å²) in [7, 11) is 1.65. The second-order valence-corrected chi connectivity index (χ2v) is 10.1. The van der Waals surface area contributed by atoms with Gasteiger partial charge in [-0.1, -0.05) is 37.1 Å². The lowest BCUT2D eigenvalue weighted by atomic mass is 9.92. The van der Waals surface area contributed by atoms with Crippen LogP contribution in [0.3, 0.4) is 0 Å². The van der Waals surface area contributed by atoms with Crippen molar-refractivity contribution in [1.82, 2.24) is 14.8 Å². The molecule has 1 aromatic carbocycles. The first-order chi connectivity index (χ1) is 18.3. The van der Waals surface area contributed by atoms with E-state index in [2.05, 4.69) is 16.9 Å². The molecule has 3 atom stereocenters. The van der Waals surface area contributed by atoms with E-state index in [-0.39, 0.29) is 76.3 Å². The standard InChI is InChI=1S/C27H30ClFN4O5/c1-3-20(35)32-11-12-33-15(13-32)14-38-25-22(27(33)36)26(30-17-8-4-5-10-19(17)37-2)31-24(23(25)28)21-16(29)7-6-9-18(21)34/h3,6-7,9,15,17,19,34H,1,4-5,8,10-14H2,2H3,(H,30,31). The van der Waals surface area contributed by atoms with E-state index in [4.69, 9.17) is 21.1 Å². The number of halogens is 2. The number of benzene rings is 1. The monoisotopic (exact) mass is 544 g/mol. The third-order valence-electron chi connectivity index (χ3n) is 7.51. The molecule has 0 bridgehead atoms. The quantitative estimate of drug-likeness (QED) is 0.551. The highest BCUT2D eigenvalue weighted by molar-refractivity contribution is 6.35. The van der Waals surface area contributed by atoms with E-state index in [1.165, 1.54) is 24.3 Å². The van der Waals surface area contributed by atoms with Gasteiger partial charge in [0, 0.05) is 26.7 Å². The Hall–Kier alpha value is -3.37. The van der Waals surface area contributed by atoms with Gasteiger partial charge in [0.2, 0.25) is 5.91 Å². The zero-order valence-electron chi connectivity index (χ0n) is 21.1. The summed E-state index contributed by atoms with van der Waals surface area (Å²) in [4.78, 5) is 34.1. The summed E-state index contributed by atoms with van der Waals surface area (Å²) in [5, 5.41) is 13.8. The summed E-state index contributed by atoms with van der Waals surface area (Å²) >= 11 is 6.75. The highest BCUT2D eigenvalue weighted by atomic mass is 35.5. The number of anilines is 1. The molecule has 2 aliphatic heterocycles. The van der Waals surface area contributed by atoms with Gasteiger partial charge >= 0.3 is 0 Å². The number of carbonyl (C=O) groups is 2. The maximum absolute atomic E-state index is 14.9. The van der Waals surface area contributed by atoms with Crippen molar-refractivity contribution in [1.29, 1.82) is 0 Å². The number of aromatic nitrogens is 1. The third kappa shape index (κ3) is 4.67. The Labute approximate surface area is 225 Å². The van der Waals surface area contributed by atoms with Gasteiger partial charge in [0.05, 0.1) is 23.8 Å². The smallest absolute Gasteiger partial charge is 0.261 e. The van der Waals surface area contributed by atoms with Gasteiger partial charge in [0.25, 0.3) is 5.91 Å². The number of rotatable bonds is 5. The molecule has 0 spiro atoms.